The summed E-state index contributed by atoms with van der Waals surface area (Å²) in [4.78, 5) is 13.3. The molecule has 0 aliphatic rings. The minimum atomic E-state index is 0.0583. The molecule has 96 valence electrons. The summed E-state index contributed by atoms with van der Waals surface area (Å²) in [6.45, 7) is 6.28. The van der Waals surface area contributed by atoms with E-state index >= 15 is 0 Å². The van der Waals surface area contributed by atoms with Crippen molar-refractivity contribution in [3.8, 4) is 0 Å². The smallest absolute Gasteiger partial charge is 0.223 e. The van der Waals surface area contributed by atoms with Crippen LogP contribution in [0.5, 0.6) is 0 Å². The van der Waals surface area contributed by atoms with E-state index < -0.39 is 0 Å². The Morgan fingerprint density at radius 2 is 1.94 bits per heavy atom. The minimum Gasteiger partial charge on any atom is -0.313 e. The molecule has 18 heavy (non-hydrogen) atoms. The molecule has 0 unspecified atom stereocenters. The van der Waals surface area contributed by atoms with Gasteiger partial charge >= 0.3 is 0 Å². The number of amides is 1. The predicted octanol–water partition coefficient (Wildman–Crippen LogP) is 3.50. The first kappa shape index (κ1) is 14.2. The summed E-state index contributed by atoms with van der Waals surface area (Å²) in [5.74, 6) is 0.0583. The van der Waals surface area contributed by atoms with Crippen LogP contribution in [0.2, 0.25) is 0 Å². The highest BCUT2D eigenvalue weighted by atomic mass is 16.2. The van der Waals surface area contributed by atoms with Crippen molar-refractivity contribution >= 4 is 23.4 Å². The van der Waals surface area contributed by atoms with Crippen LogP contribution < -0.4 is 4.90 Å². The van der Waals surface area contributed by atoms with Gasteiger partial charge in [-0.25, -0.2) is 0 Å². The second-order valence-corrected chi connectivity index (χ2v) is 4.11. The van der Waals surface area contributed by atoms with Crippen molar-refractivity contribution in [3.63, 3.8) is 0 Å². The molecule has 0 fully saturated rings. The number of benzene rings is 1. The van der Waals surface area contributed by atoms with Crippen molar-refractivity contribution < 1.29 is 4.79 Å². The number of anilines is 1. The highest BCUT2D eigenvalue weighted by molar-refractivity contribution is 6.08. The van der Waals surface area contributed by atoms with Gasteiger partial charge in [-0.3, -0.25) is 4.79 Å². The quantitative estimate of drug-likeness (QED) is 0.791. The van der Waals surface area contributed by atoms with E-state index in [0.29, 0.717) is 0 Å². The molecule has 3 nitrogen and oxygen atoms in total. The number of carbonyl (C=O) groups is 1. The zero-order chi connectivity index (χ0) is 13.5. The molecule has 1 amide bonds. The summed E-state index contributed by atoms with van der Waals surface area (Å²) in [7, 11) is 0. The Morgan fingerprint density at radius 1 is 1.33 bits per heavy atom. The highest BCUT2D eigenvalue weighted by Crippen LogP contribution is 2.19. The normalized spacial score (nSPS) is 11.2. The van der Waals surface area contributed by atoms with Gasteiger partial charge < -0.3 is 10.3 Å². The van der Waals surface area contributed by atoms with Crippen molar-refractivity contribution in [1.29, 1.82) is 5.41 Å². The molecule has 0 aromatic heterocycles. The van der Waals surface area contributed by atoms with Gasteiger partial charge in [0.05, 0.1) is 0 Å². The first-order valence-electron chi connectivity index (χ1n) is 6.19. The summed E-state index contributed by atoms with van der Waals surface area (Å²) in [5.41, 5.74) is 2.79. The van der Waals surface area contributed by atoms with E-state index in [1.54, 1.807) is 11.8 Å². The molecule has 1 aromatic rings. The van der Waals surface area contributed by atoms with Gasteiger partial charge in [-0.2, -0.15) is 0 Å². The molecule has 1 N–H and O–H groups in total. The molecular weight excluding hydrogens is 224 g/mol. The van der Waals surface area contributed by atoms with Gasteiger partial charge in [0.25, 0.3) is 0 Å². The van der Waals surface area contributed by atoms with Gasteiger partial charge in [0.1, 0.15) is 0 Å². The molecule has 1 rings (SSSR count). The standard InChI is InChI=1S/C15H20N2O/c1-4-10-17(12(3)18)15-8-6-14(7-9-15)13(5-2)11-16/h5-9,11,16H,4,10H2,1-3H3/b13-5+,16-11?. The van der Waals surface area contributed by atoms with Gasteiger partial charge in [0, 0.05) is 25.4 Å². The average molecular weight is 244 g/mol. The third-order valence-corrected chi connectivity index (χ3v) is 2.81. The van der Waals surface area contributed by atoms with Gasteiger partial charge in [0.15, 0.2) is 0 Å². The van der Waals surface area contributed by atoms with Gasteiger partial charge in [0.2, 0.25) is 5.91 Å². The van der Waals surface area contributed by atoms with Crippen LogP contribution in [0.4, 0.5) is 5.69 Å². The molecule has 0 saturated heterocycles. The summed E-state index contributed by atoms with van der Waals surface area (Å²) >= 11 is 0. The van der Waals surface area contributed by atoms with Crippen LogP contribution in [-0.2, 0) is 4.79 Å². The zero-order valence-electron chi connectivity index (χ0n) is 11.2. The maximum absolute atomic E-state index is 11.5. The Balaban J connectivity index is 3.00. The number of hydrogen-bond donors (Lipinski definition) is 1. The zero-order valence-corrected chi connectivity index (χ0v) is 11.2. The maximum Gasteiger partial charge on any atom is 0.223 e. The van der Waals surface area contributed by atoms with Crippen molar-refractivity contribution in [2.24, 2.45) is 0 Å². The predicted molar refractivity (Wildman–Crippen MR) is 77.2 cm³/mol. The van der Waals surface area contributed by atoms with Crippen LogP contribution in [0.25, 0.3) is 5.57 Å². The van der Waals surface area contributed by atoms with Crippen LogP contribution >= 0.6 is 0 Å². The Labute approximate surface area is 109 Å². The van der Waals surface area contributed by atoms with Gasteiger partial charge in [-0.1, -0.05) is 25.1 Å². The van der Waals surface area contributed by atoms with Crippen molar-refractivity contribution in [2.45, 2.75) is 27.2 Å². The molecule has 0 spiro atoms. The first-order chi connectivity index (χ1) is 8.63. The number of nitrogens with one attached hydrogen (secondary N) is 1. The molecule has 0 aliphatic heterocycles. The number of hydrogen-bond acceptors (Lipinski definition) is 2. The molecule has 3 heteroatoms. The monoisotopic (exact) mass is 244 g/mol. The molecule has 0 saturated carbocycles. The Hall–Kier alpha value is -1.90. The molecule has 0 radical (unpaired) electrons. The summed E-state index contributed by atoms with van der Waals surface area (Å²) in [6.07, 6.45) is 4.17. The number of nitrogens with zero attached hydrogens (tertiary/aromatic N) is 1. The summed E-state index contributed by atoms with van der Waals surface area (Å²) in [6, 6.07) is 7.75. The van der Waals surface area contributed by atoms with E-state index in [2.05, 4.69) is 6.92 Å². The topological polar surface area (TPSA) is 44.2 Å². The van der Waals surface area contributed by atoms with Crippen molar-refractivity contribution in [2.75, 3.05) is 11.4 Å². The van der Waals surface area contributed by atoms with E-state index in [1.165, 1.54) is 6.21 Å². The largest absolute Gasteiger partial charge is 0.313 e. The second kappa shape index (κ2) is 6.74. The molecule has 0 heterocycles. The first-order valence-corrected chi connectivity index (χ1v) is 6.19. The van der Waals surface area contributed by atoms with Crippen LogP contribution in [-0.4, -0.2) is 18.7 Å². The number of carbonyl (C=O) groups excluding carboxylic acids is 1. The van der Waals surface area contributed by atoms with Gasteiger partial charge in [-0.15, -0.1) is 0 Å². The Morgan fingerprint density at radius 3 is 2.33 bits per heavy atom. The van der Waals surface area contributed by atoms with E-state index in [4.69, 9.17) is 5.41 Å². The maximum atomic E-state index is 11.5. The summed E-state index contributed by atoms with van der Waals surface area (Å²) < 4.78 is 0. The number of allylic oxidation sites excluding steroid dienone is 2. The average Bonchev–Trinajstić information content (AvgIpc) is 2.38. The lowest BCUT2D eigenvalue weighted by molar-refractivity contribution is -0.116. The SMILES string of the molecule is C/C=C(\C=N)c1ccc(N(CCC)C(C)=O)cc1. The van der Waals surface area contributed by atoms with Crippen LogP contribution in [0.3, 0.4) is 0 Å². The fourth-order valence-electron chi connectivity index (χ4n) is 1.86. The Kier molecular flexibility index (Phi) is 5.31. The Bertz CT molecular complexity index is 446. The lowest BCUT2D eigenvalue weighted by atomic mass is 10.1. The second-order valence-electron chi connectivity index (χ2n) is 4.11. The van der Waals surface area contributed by atoms with E-state index in [9.17, 15) is 4.79 Å². The third kappa shape index (κ3) is 3.29. The van der Waals surface area contributed by atoms with Gasteiger partial charge in [-0.05, 0) is 36.6 Å². The molecule has 0 aliphatic carbocycles. The van der Waals surface area contributed by atoms with E-state index in [0.717, 1.165) is 29.8 Å². The van der Waals surface area contributed by atoms with Crippen LogP contribution in [0.1, 0.15) is 32.8 Å². The lowest BCUT2D eigenvalue weighted by Crippen LogP contribution is -2.29. The molecular formula is C15H20N2O. The minimum absolute atomic E-state index is 0.0583. The number of rotatable bonds is 5. The third-order valence-electron chi connectivity index (χ3n) is 2.81. The van der Waals surface area contributed by atoms with Crippen LogP contribution in [0.15, 0.2) is 30.3 Å². The molecule has 1 aromatic carbocycles. The van der Waals surface area contributed by atoms with E-state index in [-0.39, 0.29) is 5.91 Å². The molecule has 0 atom stereocenters. The fraction of sp³-hybridized carbons (Fsp3) is 0.333. The van der Waals surface area contributed by atoms with Crippen molar-refractivity contribution in [1.82, 2.24) is 0 Å². The highest BCUT2D eigenvalue weighted by Gasteiger charge is 2.10. The lowest BCUT2D eigenvalue weighted by Gasteiger charge is -2.20. The van der Waals surface area contributed by atoms with Crippen LogP contribution in [0, 0.1) is 5.41 Å². The fourth-order valence-corrected chi connectivity index (χ4v) is 1.86. The van der Waals surface area contributed by atoms with Crippen molar-refractivity contribution in [3.05, 3.63) is 35.9 Å². The summed E-state index contributed by atoms with van der Waals surface area (Å²) in [5, 5.41) is 7.31. The molecule has 0 bridgehead atoms. The van der Waals surface area contributed by atoms with E-state index in [1.807, 2.05) is 37.3 Å².